The minimum atomic E-state index is -1.000. The van der Waals surface area contributed by atoms with Gasteiger partial charge in [-0.15, -0.1) is 0 Å². The summed E-state index contributed by atoms with van der Waals surface area (Å²) in [5, 5.41) is 0. The Kier molecular flexibility index (Phi) is 5.60. The van der Waals surface area contributed by atoms with Crippen LogP contribution in [0.5, 0.6) is 5.75 Å². The molecule has 0 N–H and O–H groups in total. The van der Waals surface area contributed by atoms with Crippen LogP contribution >= 0.6 is 0 Å². The van der Waals surface area contributed by atoms with Crippen molar-refractivity contribution in [3.05, 3.63) is 35.8 Å². The molecular formula is C15H18BNO5. The van der Waals surface area contributed by atoms with Crippen molar-refractivity contribution in [3.8, 4) is 5.75 Å². The Morgan fingerprint density at radius 3 is 2.32 bits per heavy atom. The first-order valence-electron chi connectivity index (χ1n) is 7.05. The van der Waals surface area contributed by atoms with Crippen molar-refractivity contribution in [3.63, 3.8) is 0 Å². The van der Waals surface area contributed by atoms with Gasteiger partial charge in [0.1, 0.15) is 5.75 Å². The number of ether oxygens (including phenoxy) is 1. The first kappa shape index (κ1) is 16.1. The second-order valence-corrected chi connectivity index (χ2v) is 4.88. The summed E-state index contributed by atoms with van der Waals surface area (Å²) in [5.74, 6) is 1.45. The second-order valence-electron chi connectivity index (χ2n) is 4.88. The van der Waals surface area contributed by atoms with Gasteiger partial charge in [0.15, 0.2) is 0 Å². The van der Waals surface area contributed by atoms with Crippen LogP contribution in [0.25, 0.3) is 6.08 Å². The van der Waals surface area contributed by atoms with Gasteiger partial charge < -0.3 is 14.0 Å². The maximum absolute atomic E-state index is 11.6. The number of hydrogen-bond acceptors (Lipinski definition) is 6. The molecule has 0 spiro atoms. The average molecular weight is 303 g/mol. The fraction of sp³-hybridized carbons (Fsp3) is 0.333. The van der Waals surface area contributed by atoms with E-state index in [0.717, 1.165) is 11.3 Å². The number of rotatable bonds is 4. The predicted molar refractivity (Wildman–Crippen MR) is 82.1 cm³/mol. The van der Waals surface area contributed by atoms with Crippen molar-refractivity contribution in [1.82, 2.24) is 4.90 Å². The van der Waals surface area contributed by atoms with Crippen LogP contribution in [-0.4, -0.2) is 50.7 Å². The van der Waals surface area contributed by atoms with E-state index in [1.165, 1.54) is 10.9 Å². The fourth-order valence-electron chi connectivity index (χ4n) is 1.96. The zero-order chi connectivity index (χ0) is 15.9. The molecule has 1 aliphatic heterocycles. The zero-order valence-electron chi connectivity index (χ0n) is 12.7. The molecule has 7 heteroatoms. The van der Waals surface area contributed by atoms with E-state index in [4.69, 9.17) is 14.0 Å². The number of carbonyl (C=O) groups excluding carboxylic acids is 2. The Bertz CT molecular complexity index is 538. The lowest BCUT2D eigenvalue weighted by molar-refractivity contribution is -0.145. The fourth-order valence-corrected chi connectivity index (χ4v) is 1.96. The molecule has 1 fully saturated rings. The van der Waals surface area contributed by atoms with E-state index in [9.17, 15) is 9.59 Å². The van der Waals surface area contributed by atoms with Gasteiger partial charge in [-0.1, -0.05) is 18.2 Å². The molecule has 1 aliphatic rings. The SMILES string of the molecule is CCOc1ccc(/C=C/B2OC(=O)CN(C)CC(=O)O2)cc1. The van der Waals surface area contributed by atoms with Crippen molar-refractivity contribution in [2.45, 2.75) is 6.92 Å². The molecule has 0 aliphatic carbocycles. The van der Waals surface area contributed by atoms with Crippen LogP contribution in [-0.2, 0) is 18.9 Å². The number of benzene rings is 1. The summed E-state index contributed by atoms with van der Waals surface area (Å²) in [6, 6.07) is 7.41. The Hall–Kier alpha value is -2.28. The quantitative estimate of drug-likeness (QED) is 0.778. The molecule has 2 rings (SSSR count). The van der Waals surface area contributed by atoms with Crippen LogP contribution in [0.3, 0.4) is 0 Å². The zero-order valence-corrected chi connectivity index (χ0v) is 12.7. The number of hydrogen-bond donors (Lipinski definition) is 0. The molecule has 0 amide bonds. The van der Waals surface area contributed by atoms with Crippen molar-refractivity contribution >= 4 is 25.1 Å². The third-order valence-corrected chi connectivity index (χ3v) is 2.93. The lowest BCUT2D eigenvalue weighted by Crippen LogP contribution is -2.41. The number of likely N-dealkylation sites (N-methyl/N-ethyl adjacent to an activating group) is 1. The average Bonchev–Trinajstić information content (AvgIpc) is 2.44. The molecule has 0 bridgehead atoms. The van der Waals surface area contributed by atoms with Gasteiger partial charge in [-0.25, -0.2) is 0 Å². The van der Waals surface area contributed by atoms with Crippen molar-refractivity contribution < 1.29 is 23.6 Å². The van der Waals surface area contributed by atoms with Gasteiger partial charge in [-0.3, -0.25) is 14.5 Å². The third-order valence-electron chi connectivity index (χ3n) is 2.93. The molecule has 0 atom stereocenters. The van der Waals surface area contributed by atoms with Gasteiger partial charge in [0.25, 0.3) is 0 Å². The summed E-state index contributed by atoms with van der Waals surface area (Å²) >= 11 is 0. The topological polar surface area (TPSA) is 65.1 Å². The Morgan fingerprint density at radius 2 is 1.77 bits per heavy atom. The minimum absolute atomic E-state index is 0.0580. The third kappa shape index (κ3) is 4.93. The molecule has 0 radical (unpaired) electrons. The molecule has 116 valence electrons. The highest BCUT2D eigenvalue weighted by Gasteiger charge is 2.29. The first-order chi connectivity index (χ1) is 10.6. The summed E-state index contributed by atoms with van der Waals surface area (Å²) in [4.78, 5) is 24.7. The normalized spacial score (nSPS) is 16.9. The van der Waals surface area contributed by atoms with Crippen molar-refractivity contribution in [2.24, 2.45) is 0 Å². The maximum atomic E-state index is 11.6. The summed E-state index contributed by atoms with van der Waals surface area (Å²) in [5.41, 5.74) is 0.884. The highest BCUT2D eigenvalue weighted by atomic mass is 16.6. The summed E-state index contributed by atoms with van der Waals surface area (Å²) in [6.07, 6.45) is 1.73. The smallest absolute Gasteiger partial charge is 0.495 e. The van der Waals surface area contributed by atoms with Gasteiger partial charge in [0.2, 0.25) is 0 Å². The highest BCUT2D eigenvalue weighted by Crippen LogP contribution is 2.13. The van der Waals surface area contributed by atoms with Gasteiger partial charge in [-0.2, -0.15) is 0 Å². The standard InChI is InChI=1S/C15H18BNO5/c1-3-20-13-6-4-12(5-7-13)8-9-16-21-14(18)10-17(2)11-15(19)22-16/h4-9H,3,10-11H2,1-2H3/b9-8+. The Balaban J connectivity index is 2.00. The van der Waals surface area contributed by atoms with Crippen LogP contribution in [0.2, 0.25) is 0 Å². The van der Waals surface area contributed by atoms with Gasteiger partial charge >= 0.3 is 19.1 Å². The Labute approximate surface area is 129 Å². The molecule has 0 unspecified atom stereocenters. The molecule has 1 saturated heterocycles. The van der Waals surface area contributed by atoms with Crippen molar-refractivity contribution in [2.75, 3.05) is 26.7 Å². The molecule has 1 heterocycles. The van der Waals surface area contributed by atoms with Crippen LogP contribution in [0.1, 0.15) is 12.5 Å². The molecular weight excluding hydrogens is 285 g/mol. The molecule has 0 aromatic heterocycles. The van der Waals surface area contributed by atoms with Crippen LogP contribution < -0.4 is 4.74 Å². The van der Waals surface area contributed by atoms with E-state index in [0.29, 0.717) is 6.61 Å². The highest BCUT2D eigenvalue weighted by molar-refractivity contribution is 6.55. The Morgan fingerprint density at radius 1 is 1.18 bits per heavy atom. The lowest BCUT2D eigenvalue weighted by atomic mass is 9.88. The summed E-state index contributed by atoms with van der Waals surface area (Å²) < 4.78 is 15.5. The first-order valence-corrected chi connectivity index (χ1v) is 7.05. The van der Waals surface area contributed by atoms with Gasteiger partial charge in [-0.05, 0) is 37.6 Å². The largest absolute Gasteiger partial charge is 0.628 e. The molecule has 1 aromatic carbocycles. The predicted octanol–water partition coefficient (Wildman–Crippen LogP) is 1.16. The van der Waals surface area contributed by atoms with E-state index in [1.807, 2.05) is 31.2 Å². The number of carbonyl (C=O) groups is 2. The molecule has 6 nitrogen and oxygen atoms in total. The second kappa shape index (κ2) is 7.65. The van der Waals surface area contributed by atoms with Gasteiger partial charge in [0.05, 0.1) is 19.7 Å². The molecule has 1 aromatic rings. The maximum Gasteiger partial charge on any atom is 0.628 e. The summed E-state index contributed by atoms with van der Waals surface area (Å²) in [7, 11) is 0.652. The van der Waals surface area contributed by atoms with Crippen LogP contribution in [0.4, 0.5) is 0 Å². The molecule has 22 heavy (non-hydrogen) atoms. The van der Waals surface area contributed by atoms with Crippen LogP contribution in [0, 0.1) is 0 Å². The minimum Gasteiger partial charge on any atom is -0.495 e. The van der Waals surface area contributed by atoms with E-state index in [1.54, 1.807) is 13.1 Å². The van der Waals surface area contributed by atoms with E-state index >= 15 is 0 Å². The van der Waals surface area contributed by atoms with E-state index in [-0.39, 0.29) is 13.1 Å². The van der Waals surface area contributed by atoms with E-state index < -0.39 is 19.1 Å². The number of nitrogens with zero attached hydrogens (tertiary/aromatic N) is 1. The van der Waals surface area contributed by atoms with E-state index in [2.05, 4.69) is 0 Å². The van der Waals surface area contributed by atoms with Gasteiger partial charge in [0, 0.05) is 0 Å². The lowest BCUT2D eigenvalue weighted by Gasteiger charge is -2.21. The van der Waals surface area contributed by atoms with Crippen LogP contribution in [0.15, 0.2) is 30.2 Å². The molecule has 0 saturated carbocycles. The van der Waals surface area contributed by atoms with Crippen molar-refractivity contribution in [1.29, 1.82) is 0 Å². The summed E-state index contributed by atoms with van der Waals surface area (Å²) in [6.45, 7) is 2.64. The monoisotopic (exact) mass is 303 g/mol.